The monoisotopic (exact) mass is 249 g/mol. The molecule has 0 fully saturated rings. The molecule has 0 bridgehead atoms. The Hall–Kier alpha value is -1.39. The van der Waals surface area contributed by atoms with Crippen LogP contribution in [0.15, 0.2) is 24.3 Å². The molecule has 1 aromatic carbocycles. The molecule has 0 radical (unpaired) electrons. The van der Waals surface area contributed by atoms with Crippen LogP contribution in [-0.2, 0) is 6.54 Å². The molecule has 2 N–H and O–H groups in total. The van der Waals surface area contributed by atoms with Gasteiger partial charge in [0, 0.05) is 11.2 Å². The smallest absolute Gasteiger partial charge is 0.346 e. The van der Waals surface area contributed by atoms with E-state index in [1.807, 2.05) is 24.3 Å². The topological polar surface area (TPSA) is 49.3 Å². The fourth-order valence-electron chi connectivity index (χ4n) is 1.84. The maximum Gasteiger partial charge on any atom is 0.346 e. The van der Waals surface area contributed by atoms with Crippen LogP contribution in [0.4, 0.5) is 0 Å². The highest BCUT2D eigenvalue weighted by molar-refractivity contribution is 7.21. The largest absolute Gasteiger partial charge is 0.477 e. The van der Waals surface area contributed by atoms with Crippen molar-refractivity contribution in [2.24, 2.45) is 0 Å². The van der Waals surface area contributed by atoms with Crippen LogP contribution in [0.3, 0.4) is 0 Å². The average Bonchev–Trinajstić information content (AvgIpc) is 2.69. The van der Waals surface area contributed by atoms with Crippen LogP contribution in [-0.4, -0.2) is 17.6 Å². The van der Waals surface area contributed by atoms with Gasteiger partial charge in [-0.15, -0.1) is 11.3 Å². The summed E-state index contributed by atoms with van der Waals surface area (Å²) in [5.74, 6) is -0.834. The van der Waals surface area contributed by atoms with E-state index in [4.69, 9.17) is 0 Å². The number of rotatable bonds is 5. The molecule has 1 heterocycles. The zero-order chi connectivity index (χ0) is 12.3. The lowest BCUT2D eigenvalue weighted by Gasteiger charge is -2.03. The number of hydrogen-bond acceptors (Lipinski definition) is 3. The first-order chi connectivity index (χ1) is 8.24. The third-order valence-electron chi connectivity index (χ3n) is 2.62. The summed E-state index contributed by atoms with van der Waals surface area (Å²) in [6.07, 6.45) is 1.05. The molecule has 0 unspecified atom stereocenters. The van der Waals surface area contributed by atoms with Crippen molar-refractivity contribution in [3.05, 3.63) is 34.7 Å². The number of carboxylic acid groups (broad SMARTS) is 1. The van der Waals surface area contributed by atoms with Gasteiger partial charge in [-0.1, -0.05) is 25.1 Å². The minimum absolute atomic E-state index is 0.454. The SMILES string of the molecule is CCCNCc1c(C(=O)O)sc2ccccc12. The van der Waals surface area contributed by atoms with Crippen molar-refractivity contribution in [3.8, 4) is 0 Å². The van der Waals surface area contributed by atoms with E-state index in [1.54, 1.807) is 0 Å². The van der Waals surface area contributed by atoms with Crippen LogP contribution < -0.4 is 5.32 Å². The Morgan fingerprint density at radius 3 is 2.88 bits per heavy atom. The van der Waals surface area contributed by atoms with Gasteiger partial charge in [-0.25, -0.2) is 4.79 Å². The molecule has 0 spiro atoms. The highest BCUT2D eigenvalue weighted by Gasteiger charge is 2.16. The molecular weight excluding hydrogens is 234 g/mol. The zero-order valence-electron chi connectivity index (χ0n) is 9.69. The van der Waals surface area contributed by atoms with E-state index in [0.717, 1.165) is 28.6 Å². The Bertz CT molecular complexity index is 533. The Balaban J connectivity index is 2.41. The molecule has 0 aliphatic carbocycles. The van der Waals surface area contributed by atoms with Crippen LogP contribution in [0.1, 0.15) is 28.6 Å². The number of carbonyl (C=O) groups is 1. The second-order valence-corrected chi connectivity index (χ2v) is 4.94. The average molecular weight is 249 g/mol. The van der Waals surface area contributed by atoms with Crippen LogP contribution in [0, 0.1) is 0 Å². The van der Waals surface area contributed by atoms with E-state index < -0.39 is 5.97 Å². The van der Waals surface area contributed by atoms with Crippen LogP contribution in [0.5, 0.6) is 0 Å². The zero-order valence-corrected chi connectivity index (χ0v) is 10.5. The van der Waals surface area contributed by atoms with Crippen LogP contribution in [0.25, 0.3) is 10.1 Å². The summed E-state index contributed by atoms with van der Waals surface area (Å²) in [4.78, 5) is 11.7. The summed E-state index contributed by atoms with van der Waals surface area (Å²) in [5, 5.41) is 13.5. The number of hydrogen-bond donors (Lipinski definition) is 2. The van der Waals surface area contributed by atoms with Crippen molar-refractivity contribution in [1.29, 1.82) is 0 Å². The van der Waals surface area contributed by atoms with Gasteiger partial charge in [0.2, 0.25) is 0 Å². The molecule has 17 heavy (non-hydrogen) atoms. The van der Waals surface area contributed by atoms with Gasteiger partial charge in [-0.3, -0.25) is 0 Å². The first-order valence-corrected chi connectivity index (χ1v) is 6.50. The molecule has 0 saturated heterocycles. The summed E-state index contributed by atoms with van der Waals surface area (Å²) < 4.78 is 1.04. The number of carboxylic acids is 1. The van der Waals surface area contributed by atoms with Gasteiger partial charge in [0.05, 0.1) is 0 Å². The maximum absolute atomic E-state index is 11.2. The maximum atomic E-state index is 11.2. The van der Waals surface area contributed by atoms with Crippen LogP contribution in [0.2, 0.25) is 0 Å². The fourth-order valence-corrected chi connectivity index (χ4v) is 2.90. The molecule has 0 amide bonds. The van der Waals surface area contributed by atoms with E-state index in [1.165, 1.54) is 11.3 Å². The van der Waals surface area contributed by atoms with Gasteiger partial charge in [0.25, 0.3) is 0 Å². The molecule has 1 aromatic heterocycles. The summed E-state index contributed by atoms with van der Waals surface area (Å²) >= 11 is 1.35. The van der Waals surface area contributed by atoms with Gasteiger partial charge >= 0.3 is 5.97 Å². The van der Waals surface area contributed by atoms with Crippen molar-refractivity contribution < 1.29 is 9.90 Å². The lowest BCUT2D eigenvalue weighted by atomic mass is 10.1. The second-order valence-electron chi connectivity index (χ2n) is 3.89. The fraction of sp³-hybridized carbons (Fsp3) is 0.308. The molecule has 0 aliphatic heterocycles. The van der Waals surface area contributed by atoms with E-state index in [-0.39, 0.29) is 0 Å². The molecule has 0 atom stereocenters. The Labute approximate surface area is 104 Å². The highest BCUT2D eigenvalue weighted by atomic mass is 32.1. The summed E-state index contributed by atoms with van der Waals surface area (Å²) in [6, 6.07) is 7.84. The van der Waals surface area contributed by atoms with E-state index in [9.17, 15) is 9.90 Å². The molecule has 2 aromatic rings. The van der Waals surface area contributed by atoms with Gasteiger partial charge in [-0.05, 0) is 30.0 Å². The second kappa shape index (κ2) is 5.29. The molecule has 3 nitrogen and oxygen atoms in total. The number of benzene rings is 1. The van der Waals surface area contributed by atoms with E-state index in [2.05, 4.69) is 12.2 Å². The molecular formula is C13H15NO2S. The first kappa shape index (κ1) is 12.1. The Morgan fingerprint density at radius 1 is 1.41 bits per heavy atom. The van der Waals surface area contributed by atoms with Gasteiger partial charge in [0.1, 0.15) is 4.88 Å². The third kappa shape index (κ3) is 2.48. The van der Waals surface area contributed by atoms with E-state index in [0.29, 0.717) is 11.4 Å². The summed E-state index contributed by atoms with van der Waals surface area (Å²) in [5.41, 5.74) is 0.909. The number of thiophene rings is 1. The molecule has 0 aliphatic rings. The number of aromatic carboxylic acids is 1. The predicted octanol–water partition coefficient (Wildman–Crippen LogP) is 3.10. The third-order valence-corrected chi connectivity index (χ3v) is 3.82. The lowest BCUT2D eigenvalue weighted by molar-refractivity contribution is 0.0701. The molecule has 2 rings (SSSR count). The standard InChI is InChI=1S/C13H15NO2S/c1-2-7-14-8-10-9-5-3-4-6-11(9)17-12(10)13(15)16/h3-6,14H,2,7-8H2,1H3,(H,15,16). The van der Waals surface area contributed by atoms with Crippen molar-refractivity contribution in [2.45, 2.75) is 19.9 Å². The van der Waals surface area contributed by atoms with Crippen molar-refractivity contribution in [2.75, 3.05) is 6.54 Å². The van der Waals surface area contributed by atoms with Gasteiger partial charge < -0.3 is 10.4 Å². The highest BCUT2D eigenvalue weighted by Crippen LogP contribution is 2.31. The molecule has 90 valence electrons. The Morgan fingerprint density at radius 2 is 2.18 bits per heavy atom. The van der Waals surface area contributed by atoms with E-state index >= 15 is 0 Å². The first-order valence-electron chi connectivity index (χ1n) is 5.68. The normalized spacial score (nSPS) is 10.9. The number of fused-ring (bicyclic) bond motifs is 1. The van der Waals surface area contributed by atoms with Crippen molar-refractivity contribution >= 4 is 27.4 Å². The lowest BCUT2D eigenvalue weighted by Crippen LogP contribution is -2.15. The minimum Gasteiger partial charge on any atom is -0.477 e. The predicted molar refractivity (Wildman–Crippen MR) is 70.8 cm³/mol. The van der Waals surface area contributed by atoms with Crippen molar-refractivity contribution in [3.63, 3.8) is 0 Å². The summed E-state index contributed by atoms with van der Waals surface area (Å²) in [7, 11) is 0. The Kier molecular flexibility index (Phi) is 3.76. The number of nitrogens with one attached hydrogen (secondary N) is 1. The van der Waals surface area contributed by atoms with Gasteiger partial charge in [-0.2, -0.15) is 0 Å². The minimum atomic E-state index is -0.834. The van der Waals surface area contributed by atoms with Crippen molar-refractivity contribution in [1.82, 2.24) is 5.32 Å². The molecule has 4 heteroatoms. The summed E-state index contributed by atoms with van der Waals surface area (Å²) in [6.45, 7) is 3.62. The molecule has 0 saturated carbocycles. The van der Waals surface area contributed by atoms with Crippen LogP contribution >= 0.6 is 11.3 Å². The van der Waals surface area contributed by atoms with Gasteiger partial charge in [0.15, 0.2) is 0 Å². The quantitative estimate of drug-likeness (QED) is 0.800.